The number of benzene rings is 1. The van der Waals surface area contributed by atoms with Crippen LogP contribution in [0.25, 0.3) is 0 Å². The van der Waals surface area contributed by atoms with E-state index in [2.05, 4.69) is 21.9 Å². The summed E-state index contributed by atoms with van der Waals surface area (Å²) < 4.78 is 53.2. The molecule has 0 aromatic heterocycles. The summed E-state index contributed by atoms with van der Waals surface area (Å²) >= 11 is 0. The van der Waals surface area contributed by atoms with Gasteiger partial charge in [0.05, 0.1) is 18.3 Å². The van der Waals surface area contributed by atoms with Crippen LogP contribution in [0, 0.1) is 17.7 Å². The van der Waals surface area contributed by atoms with Crippen molar-refractivity contribution in [3.63, 3.8) is 0 Å². The van der Waals surface area contributed by atoms with Crippen molar-refractivity contribution in [3.05, 3.63) is 60.0 Å². The zero-order chi connectivity index (χ0) is 41.3. The van der Waals surface area contributed by atoms with Gasteiger partial charge in [0.25, 0.3) is 5.91 Å². The lowest BCUT2D eigenvalue weighted by atomic mass is 10.0. The number of sulfonamides is 1. The lowest BCUT2D eigenvalue weighted by Gasteiger charge is -2.30. The lowest BCUT2D eigenvalue weighted by molar-refractivity contribution is -0.141. The molecule has 0 spiro atoms. The number of likely N-dealkylation sites (tertiary alicyclic amines) is 1. The standard InChI is InChI=1S/C40H52FN5O10S/c1-5-26-20-40(26,36(50)44-57(53,54)29-16-17-29)43-34(48)33-19-28(55-38(52)45-21-25-11-8-12-31(41)30(25)23-45)22-46(33)35(49)32(42-37(51)56-39(2,3)4)18-15-27(47)14-13-24-9-6-7-10-24/h5,8,11-14,24,26,28-29,32-33H,1,6-7,9-10,15-23H2,2-4H3,(H,42,51)(H,43,48)(H,44,50)/t26-,28-,32+,33+,40-/m1/s1. The number of ketones is 1. The summed E-state index contributed by atoms with van der Waals surface area (Å²) in [6.45, 7) is 8.39. The molecule has 1 saturated heterocycles. The fourth-order valence-electron chi connectivity index (χ4n) is 7.79. The number of amides is 5. The molecule has 57 heavy (non-hydrogen) atoms. The lowest BCUT2D eigenvalue weighted by Crippen LogP contribution is -2.58. The topological polar surface area (TPSA) is 198 Å². The molecule has 4 fully saturated rings. The van der Waals surface area contributed by atoms with Gasteiger partial charge in [0.1, 0.15) is 35.1 Å². The minimum absolute atomic E-state index is 0.0461. The van der Waals surface area contributed by atoms with E-state index in [1.165, 1.54) is 23.1 Å². The molecule has 0 bridgehead atoms. The van der Waals surface area contributed by atoms with Crippen LogP contribution in [0.3, 0.4) is 0 Å². The second-order valence-electron chi connectivity index (χ2n) is 16.8. The maximum absolute atomic E-state index is 14.5. The van der Waals surface area contributed by atoms with E-state index in [4.69, 9.17) is 9.47 Å². The van der Waals surface area contributed by atoms with Crippen LogP contribution in [0.4, 0.5) is 14.0 Å². The molecule has 5 atom stereocenters. The number of carbonyl (C=O) groups excluding carboxylic acids is 6. The number of hydrogen-bond donors (Lipinski definition) is 3. The first-order chi connectivity index (χ1) is 26.9. The van der Waals surface area contributed by atoms with Gasteiger partial charge in [-0.1, -0.05) is 37.1 Å². The highest BCUT2D eigenvalue weighted by molar-refractivity contribution is 7.91. The Morgan fingerprint density at radius 2 is 1.79 bits per heavy atom. The SMILES string of the molecule is C=C[C@@H]1C[C@]1(NC(=O)[C@@H]1C[C@@H](OC(=O)N2Cc3cccc(F)c3C2)CN1C(=O)[C@H](CCC(=O)C=CC1CCCC1)NC(=O)OC(C)(C)C)C(=O)NS(=O)(=O)C1CC1. The van der Waals surface area contributed by atoms with Gasteiger partial charge < -0.3 is 25.0 Å². The van der Waals surface area contributed by atoms with Crippen LogP contribution in [0.15, 0.2) is 43.0 Å². The van der Waals surface area contributed by atoms with Crippen molar-refractivity contribution in [3.8, 4) is 0 Å². The first kappa shape index (κ1) is 41.8. The average Bonchev–Trinajstić information content (AvgIpc) is 3.92. The molecule has 5 aliphatic rings. The molecule has 3 aliphatic carbocycles. The molecule has 3 N–H and O–H groups in total. The van der Waals surface area contributed by atoms with Gasteiger partial charge in [-0.3, -0.25) is 28.8 Å². The number of allylic oxidation sites excluding steroid dienone is 2. The third-order valence-electron chi connectivity index (χ3n) is 11.2. The largest absolute Gasteiger partial charge is 0.444 e. The third-order valence-corrected chi connectivity index (χ3v) is 13.0. The first-order valence-corrected chi connectivity index (χ1v) is 21.2. The number of carbonyl (C=O) groups is 6. The van der Waals surface area contributed by atoms with Gasteiger partial charge >= 0.3 is 12.2 Å². The van der Waals surface area contributed by atoms with Crippen molar-refractivity contribution in [2.75, 3.05) is 6.54 Å². The van der Waals surface area contributed by atoms with Crippen molar-refractivity contribution < 1.29 is 51.0 Å². The molecule has 1 aromatic carbocycles. The molecule has 2 aliphatic heterocycles. The molecule has 5 amide bonds. The van der Waals surface area contributed by atoms with Gasteiger partial charge in [0.15, 0.2) is 5.78 Å². The Hall–Kier alpha value is -4.80. The van der Waals surface area contributed by atoms with Gasteiger partial charge in [-0.25, -0.2) is 22.4 Å². The molecular formula is C40H52FN5O10S. The Morgan fingerprint density at radius 3 is 2.42 bits per heavy atom. The molecule has 15 nitrogen and oxygen atoms in total. The van der Waals surface area contributed by atoms with Crippen molar-refractivity contribution in [2.45, 2.75) is 133 Å². The molecule has 17 heteroatoms. The number of hydrogen-bond acceptors (Lipinski definition) is 10. The fourth-order valence-corrected chi connectivity index (χ4v) is 9.16. The Kier molecular flexibility index (Phi) is 12.2. The highest BCUT2D eigenvalue weighted by Gasteiger charge is 2.62. The Bertz CT molecular complexity index is 1940. The molecule has 0 radical (unpaired) electrons. The minimum atomic E-state index is -3.97. The Labute approximate surface area is 332 Å². The van der Waals surface area contributed by atoms with Gasteiger partial charge in [-0.15, -0.1) is 6.58 Å². The number of halogens is 1. The Balaban J connectivity index is 1.22. The molecule has 1 aromatic rings. The van der Waals surface area contributed by atoms with E-state index in [1.807, 2.05) is 6.08 Å². The van der Waals surface area contributed by atoms with E-state index < -0.39 is 86.2 Å². The van der Waals surface area contributed by atoms with E-state index in [1.54, 1.807) is 32.9 Å². The van der Waals surface area contributed by atoms with Crippen molar-refractivity contribution in [1.82, 2.24) is 25.2 Å². The van der Waals surface area contributed by atoms with Crippen molar-refractivity contribution in [2.24, 2.45) is 11.8 Å². The molecule has 2 heterocycles. The summed E-state index contributed by atoms with van der Waals surface area (Å²) in [5.41, 5.74) is -1.63. The van der Waals surface area contributed by atoms with E-state index in [0.29, 0.717) is 29.9 Å². The van der Waals surface area contributed by atoms with Crippen LogP contribution in [-0.4, -0.2) is 95.0 Å². The van der Waals surface area contributed by atoms with Gasteiger partial charge in [0, 0.05) is 30.9 Å². The van der Waals surface area contributed by atoms with Crippen LogP contribution in [0.5, 0.6) is 0 Å². The molecule has 310 valence electrons. The molecular weight excluding hydrogens is 762 g/mol. The van der Waals surface area contributed by atoms with Crippen LogP contribution in [0.2, 0.25) is 0 Å². The number of nitrogens with zero attached hydrogens (tertiary/aromatic N) is 2. The molecule has 6 rings (SSSR count). The van der Waals surface area contributed by atoms with Crippen LogP contribution < -0.4 is 15.4 Å². The first-order valence-electron chi connectivity index (χ1n) is 19.6. The number of rotatable bonds is 14. The average molecular weight is 814 g/mol. The number of alkyl carbamates (subject to hydrolysis) is 1. The quantitative estimate of drug-likeness (QED) is 0.183. The maximum Gasteiger partial charge on any atom is 0.410 e. The monoisotopic (exact) mass is 813 g/mol. The van der Waals surface area contributed by atoms with E-state index in [9.17, 15) is 41.6 Å². The summed E-state index contributed by atoms with van der Waals surface area (Å²) in [6, 6.07) is 1.82. The number of fused-ring (bicyclic) bond motifs is 1. The van der Waals surface area contributed by atoms with Gasteiger partial charge in [0.2, 0.25) is 21.8 Å². The molecule has 3 saturated carbocycles. The van der Waals surface area contributed by atoms with Crippen LogP contribution in [0.1, 0.15) is 96.1 Å². The van der Waals surface area contributed by atoms with Crippen molar-refractivity contribution in [1.29, 1.82) is 0 Å². The van der Waals surface area contributed by atoms with E-state index in [-0.39, 0.29) is 51.1 Å². The summed E-state index contributed by atoms with van der Waals surface area (Å²) in [5.74, 6) is -3.56. The van der Waals surface area contributed by atoms with E-state index in [0.717, 1.165) is 30.6 Å². The summed E-state index contributed by atoms with van der Waals surface area (Å²) in [5, 5.41) is 4.54. The zero-order valence-electron chi connectivity index (χ0n) is 32.6. The summed E-state index contributed by atoms with van der Waals surface area (Å²) in [7, 11) is -3.97. The number of ether oxygens (including phenoxy) is 2. The summed E-state index contributed by atoms with van der Waals surface area (Å²) in [4.78, 5) is 84.1. The van der Waals surface area contributed by atoms with Gasteiger partial charge in [-0.2, -0.15) is 0 Å². The third kappa shape index (κ3) is 10.0. The van der Waals surface area contributed by atoms with Crippen LogP contribution >= 0.6 is 0 Å². The van der Waals surface area contributed by atoms with Gasteiger partial charge in [-0.05, 0) is 82.9 Å². The smallest absolute Gasteiger partial charge is 0.410 e. The highest BCUT2D eigenvalue weighted by atomic mass is 32.2. The summed E-state index contributed by atoms with van der Waals surface area (Å²) in [6.07, 6.45) is 6.54. The van der Waals surface area contributed by atoms with E-state index >= 15 is 0 Å². The predicted octanol–water partition coefficient (Wildman–Crippen LogP) is 3.91. The normalized spacial score (nSPS) is 25.1. The second-order valence-corrected chi connectivity index (χ2v) is 18.7. The highest BCUT2D eigenvalue weighted by Crippen LogP contribution is 2.45. The predicted molar refractivity (Wildman–Crippen MR) is 204 cm³/mol. The maximum atomic E-state index is 14.5. The van der Waals surface area contributed by atoms with Crippen LogP contribution in [-0.2, 0) is 51.8 Å². The molecule has 0 unspecified atom stereocenters. The minimum Gasteiger partial charge on any atom is -0.444 e. The number of nitrogens with one attached hydrogen (secondary N) is 3. The van der Waals surface area contributed by atoms with Crippen molar-refractivity contribution >= 4 is 45.7 Å². The fraction of sp³-hybridized carbons (Fsp3) is 0.600. The Morgan fingerprint density at radius 1 is 1.07 bits per heavy atom. The second kappa shape index (κ2) is 16.6. The zero-order valence-corrected chi connectivity index (χ0v) is 33.4.